The lowest BCUT2D eigenvalue weighted by atomic mass is 10.1. The molecule has 1 saturated heterocycles. The smallest absolute Gasteiger partial charge is 0.260 e. The van der Waals surface area contributed by atoms with Gasteiger partial charge in [-0.1, -0.05) is 29.0 Å². The maximum Gasteiger partial charge on any atom is 0.260 e. The van der Waals surface area contributed by atoms with Crippen LogP contribution in [0.1, 0.15) is 27.9 Å². The van der Waals surface area contributed by atoms with Crippen molar-refractivity contribution in [3.05, 3.63) is 39.4 Å². The molecule has 0 radical (unpaired) electrons. The first-order valence-electron chi connectivity index (χ1n) is 9.17. The normalized spacial score (nSPS) is 19.0. The highest BCUT2D eigenvalue weighted by molar-refractivity contribution is 7.17. The first kappa shape index (κ1) is 19.2. The molecule has 1 fully saturated rings. The molecule has 0 saturated carbocycles. The fourth-order valence-electron chi connectivity index (χ4n) is 3.75. The van der Waals surface area contributed by atoms with E-state index in [0.717, 1.165) is 11.3 Å². The molecule has 0 unspecified atom stereocenters. The molecule has 2 N–H and O–H groups in total. The molecular formula is C19H21ClN4O3S. The average Bonchev–Trinajstić information content (AvgIpc) is 3.24. The predicted octanol–water partition coefficient (Wildman–Crippen LogP) is 2.25. The summed E-state index contributed by atoms with van der Waals surface area (Å²) in [5.41, 5.74) is 7.80. The van der Waals surface area contributed by atoms with Crippen LogP contribution in [-0.4, -0.2) is 49.1 Å². The monoisotopic (exact) mass is 420 g/mol. The number of hydrogen-bond acceptors (Lipinski definition) is 6. The van der Waals surface area contributed by atoms with Crippen molar-refractivity contribution in [2.75, 3.05) is 36.1 Å². The number of nitrogens with two attached hydrogens (primary N) is 1. The lowest BCUT2D eigenvalue weighted by Gasteiger charge is -2.26. The summed E-state index contributed by atoms with van der Waals surface area (Å²) >= 11 is 7.54. The van der Waals surface area contributed by atoms with E-state index in [-0.39, 0.29) is 18.4 Å². The van der Waals surface area contributed by atoms with Gasteiger partial charge in [0.2, 0.25) is 5.91 Å². The van der Waals surface area contributed by atoms with E-state index in [1.807, 2.05) is 25.1 Å². The van der Waals surface area contributed by atoms with Gasteiger partial charge in [0.15, 0.2) is 5.13 Å². The second-order valence-electron chi connectivity index (χ2n) is 6.97. The topological polar surface area (TPSA) is 88.8 Å². The third-order valence-corrected chi connectivity index (χ3v) is 6.60. The highest BCUT2D eigenvalue weighted by Crippen LogP contribution is 2.37. The summed E-state index contributed by atoms with van der Waals surface area (Å²) in [6, 6.07) is 5.57. The number of benzene rings is 1. The van der Waals surface area contributed by atoms with Gasteiger partial charge in [-0.3, -0.25) is 9.59 Å². The SMILES string of the molecule is C[C@@H]1Cc2c(Cl)cccc2N1C(=O)Cc1nc(N2CCOCC2)sc1C(N)=O. The molecule has 1 aromatic heterocycles. The number of nitrogens with zero attached hydrogens (tertiary/aromatic N) is 3. The van der Waals surface area contributed by atoms with Gasteiger partial charge < -0.3 is 20.3 Å². The Morgan fingerprint density at radius 3 is 2.82 bits per heavy atom. The summed E-state index contributed by atoms with van der Waals surface area (Å²) in [6.45, 7) is 4.62. The van der Waals surface area contributed by atoms with Crippen LogP contribution in [0.25, 0.3) is 0 Å². The van der Waals surface area contributed by atoms with Crippen molar-refractivity contribution in [3.8, 4) is 0 Å². The number of morpholine rings is 1. The molecule has 1 aromatic carbocycles. The summed E-state index contributed by atoms with van der Waals surface area (Å²) in [4.78, 5) is 33.8. The van der Waals surface area contributed by atoms with Gasteiger partial charge in [0.25, 0.3) is 5.91 Å². The van der Waals surface area contributed by atoms with Crippen LogP contribution in [0, 0.1) is 0 Å². The van der Waals surface area contributed by atoms with E-state index < -0.39 is 5.91 Å². The first-order chi connectivity index (χ1) is 13.5. The Kier molecular flexibility index (Phi) is 5.27. The van der Waals surface area contributed by atoms with Crippen LogP contribution in [0.2, 0.25) is 5.02 Å². The third-order valence-electron chi connectivity index (χ3n) is 5.07. The molecule has 7 nitrogen and oxygen atoms in total. The molecule has 2 aliphatic rings. The van der Waals surface area contributed by atoms with E-state index in [1.165, 1.54) is 11.3 Å². The van der Waals surface area contributed by atoms with Crippen LogP contribution in [0.3, 0.4) is 0 Å². The summed E-state index contributed by atoms with van der Waals surface area (Å²) in [5, 5.41) is 1.37. The fourth-order valence-corrected chi connectivity index (χ4v) is 4.98. The highest BCUT2D eigenvalue weighted by atomic mass is 35.5. The van der Waals surface area contributed by atoms with E-state index in [0.29, 0.717) is 53.4 Å². The van der Waals surface area contributed by atoms with E-state index >= 15 is 0 Å². The number of carbonyl (C=O) groups is 2. The number of anilines is 2. The van der Waals surface area contributed by atoms with Crippen molar-refractivity contribution in [1.29, 1.82) is 0 Å². The minimum absolute atomic E-state index is 0.00298. The summed E-state index contributed by atoms with van der Waals surface area (Å²) < 4.78 is 5.36. The van der Waals surface area contributed by atoms with Crippen LogP contribution in [-0.2, 0) is 22.4 Å². The molecule has 0 aliphatic carbocycles. The van der Waals surface area contributed by atoms with Crippen LogP contribution in [0.4, 0.5) is 10.8 Å². The Morgan fingerprint density at radius 1 is 1.36 bits per heavy atom. The maximum atomic E-state index is 13.1. The first-order valence-corrected chi connectivity index (χ1v) is 10.4. The number of amides is 2. The lowest BCUT2D eigenvalue weighted by molar-refractivity contribution is -0.118. The number of thiazole rings is 1. The predicted molar refractivity (Wildman–Crippen MR) is 109 cm³/mol. The molecule has 2 aromatic rings. The summed E-state index contributed by atoms with van der Waals surface area (Å²) in [6.07, 6.45) is 0.731. The number of rotatable bonds is 4. The Balaban J connectivity index is 1.60. The van der Waals surface area contributed by atoms with E-state index in [9.17, 15) is 9.59 Å². The maximum absolute atomic E-state index is 13.1. The molecule has 148 valence electrons. The van der Waals surface area contributed by atoms with Crippen LogP contribution >= 0.6 is 22.9 Å². The van der Waals surface area contributed by atoms with Crippen molar-refractivity contribution in [3.63, 3.8) is 0 Å². The number of fused-ring (bicyclic) bond motifs is 1. The van der Waals surface area contributed by atoms with Gasteiger partial charge in [0.05, 0.1) is 25.3 Å². The van der Waals surface area contributed by atoms with Crippen molar-refractivity contribution < 1.29 is 14.3 Å². The van der Waals surface area contributed by atoms with Gasteiger partial charge >= 0.3 is 0 Å². The van der Waals surface area contributed by atoms with Gasteiger partial charge in [-0.25, -0.2) is 4.98 Å². The number of ether oxygens (including phenoxy) is 1. The van der Waals surface area contributed by atoms with Gasteiger partial charge in [-0.05, 0) is 31.0 Å². The fraction of sp³-hybridized carbons (Fsp3) is 0.421. The number of aromatic nitrogens is 1. The Bertz CT molecular complexity index is 926. The standard InChI is InChI=1S/C19H21ClN4O3S/c1-11-9-12-13(20)3-2-4-15(12)24(11)16(25)10-14-17(18(21)26)28-19(22-14)23-5-7-27-8-6-23/h2-4,11H,5-10H2,1H3,(H2,21,26)/t11-/m1/s1. The number of primary amides is 1. The van der Waals surface area contributed by atoms with Crippen LogP contribution in [0.15, 0.2) is 18.2 Å². The van der Waals surface area contributed by atoms with Crippen molar-refractivity contribution in [1.82, 2.24) is 4.98 Å². The van der Waals surface area contributed by atoms with Gasteiger partial charge in [0.1, 0.15) is 4.88 Å². The molecule has 1 atom stereocenters. The Hall–Kier alpha value is -2.16. The lowest BCUT2D eigenvalue weighted by Crippen LogP contribution is -2.37. The van der Waals surface area contributed by atoms with Crippen molar-refractivity contribution >= 4 is 45.6 Å². The summed E-state index contributed by atoms with van der Waals surface area (Å²) in [7, 11) is 0. The molecule has 0 bridgehead atoms. The summed E-state index contributed by atoms with van der Waals surface area (Å²) in [5.74, 6) is -0.674. The van der Waals surface area contributed by atoms with Crippen molar-refractivity contribution in [2.24, 2.45) is 5.73 Å². The number of halogens is 1. The number of carbonyl (C=O) groups excluding carboxylic acids is 2. The van der Waals surface area contributed by atoms with Crippen molar-refractivity contribution in [2.45, 2.75) is 25.8 Å². The molecule has 9 heteroatoms. The zero-order valence-corrected chi connectivity index (χ0v) is 17.1. The van der Waals surface area contributed by atoms with E-state index in [2.05, 4.69) is 9.88 Å². The largest absolute Gasteiger partial charge is 0.378 e. The highest BCUT2D eigenvalue weighted by Gasteiger charge is 2.33. The van der Waals surface area contributed by atoms with E-state index in [4.69, 9.17) is 22.1 Å². The zero-order chi connectivity index (χ0) is 19.8. The second-order valence-corrected chi connectivity index (χ2v) is 8.35. The molecule has 2 amide bonds. The molecule has 28 heavy (non-hydrogen) atoms. The Labute approximate surface area is 172 Å². The number of hydrogen-bond donors (Lipinski definition) is 1. The van der Waals surface area contributed by atoms with Crippen LogP contribution in [0.5, 0.6) is 0 Å². The quantitative estimate of drug-likeness (QED) is 0.819. The minimum Gasteiger partial charge on any atom is -0.378 e. The minimum atomic E-state index is -0.558. The van der Waals surface area contributed by atoms with Gasteiger partial charge in [-0.15, -0.1) is 0 Å². The molecular weight excluding hydrogens is 400 g/mol. The molecule has 3 heterocycles. The Morgan fingerprint density at radius 2 is 2.11 bits per heavy atom. The second kappa shape index (κ2) is 7.69. The third kappa shape index (κ3) is 3.47. The average molecular weight is 421 g/mol. The van der Waals surface area contributed by atoms with Crippen LogP contribution < -0.4 is 15.5 Å². The molecule has 2 aliphatic heterocycles. The van der Waals surface area contributed by atoms with Gasteiger partial charge in [-0.2, -0.15) is 0 Å². The molecule has 0 spiro atoms. The zero-order valence-electron chi connectivity index (χ0n) is 15.5. The van der Waals surface area contributed by atoms with Gasteiger partial charge in [0, 0.05) is 29.8 Å². The molecule has 4 rings (SSSR count). The van der Waals surface area contributed by atoms with E-state index in [1.54, 1.807) is 4.90 Å².